The van der Waals surface area contributed by atoms with Crippen LogP contribution in [0, 0.1) is 19.8 Å². The molecule has 1 atom stereocenters. The standard InChI is InChI=1S/C18H28N6O2/c1-13-10-14(2)21-18(20-13)24-8-6-23(7-9-24)17(26)15-4-3-5-22(11-15)12-16(19)25/h10,15H,3-9,11-12H2,1-2H3,(H2,19,25)/t15-/m0/s1. The van der Waals surface area contributed by atoms with E-state index in [1.54, 1.807) is 0 Å². The fourth-order valence-corrected chi connectivity index (χ4v) is 3.85. The zero-order chi connectivity index (χ0) is 18.7. The van der Waals surface area contributed by atoms with Crippen molar-refractivity contribution in [1.82, 2.24) is 19.8 Å². The van der Waals surface area contributed by atoms with Crippen molar-refractivity contribution in [1.29, 1.82) is 0 Å². The zero-order valence-electron chi connectivity index (χ0n) is 15.6. The average Bonchev–Trinajstić information content (AvgIpc) is 2.60. The number of nitrogens with two attached hydrogens (primary N) is 1. The molecular weight excluding hydrogens is 332 g/mol. The molecule has 2 amide bonds. The van der Waals surface area contributed by atoms with Gasteiger partial charge in [-0.3, -0.25) is 14.5 Å². The van der Waals surface area contributed by atoms with E-state index in [4.69, 9.17) is 5.73 Å². The van der Waals surface area contributed by atoms with Gasteiger partial charge >= 0.3 is 0 Å². The Hall–Kier alpha value is -2.22. The third kappa shape index (κ3) is 4.49. The third-order valence-electron chi connectivity index (χ3n) is 5.08. The van der Waals surface area contributed by atoms with Crippen molar-refractivity contribution in [2.45, 2.75) is 26.7 Å². The number of hydrogen-bond donors (Lipinski definition) is 1. The van der Waals surface area contributed by atoms with Crippen molar-refractivity contribution in [2.75, 3.05) is 50.7 Å². The SMILES string of the molecule is Cc1cc(C)nc(N2CCN(C(=O)[C@H]3CCCN(CC(N)=O)C3)CC2)n1. The highest BCUT2D eigenvalue weighted by Gasteiger charge is 2.31. The molecule has 0 unspecified atom stereocenters. The molecule has 142 valence electrons. The Kier molecular flexibility index (Phi) is 5.70. The summed E-state index contributed by atoms with van der Waals surface area (Å²) in [5.41, 5.74) is 7.21. The van der Waals surface area contributed by atoms with Crippen LogP contribution < -0.4 is 10.6 Å². The molecule has 26 heavy (non-hydrogen) atoms. The highest BCUT2D eigenvalue weighted by Crippen LogP contribution is 2.20. The van der Waals surface area contributed by atoms with Crippen LogP contribution in [-0.4, -0.2) is 77.4 Å². The van der Waals surface area contributed by atoms with Crippen LogP contribution in [0.1, 0.15) is 24.2 Å². The predicted octanol–water partition coefficient (Wildman–Crippen LogP) is -0.0607. The molecule has 1 aromatic heterocycles. The molecule has 8 nitrogen and oxygen atoms in total. The number of aromatic nitrogens is 2. The molecule has 0 aliphatic carbocycles. The molecule has 3 rings (SSSR count). The number of aryl methyl sites for hydroxylation is 2. The lowest BCUT2D eigenvalue weighted by molar-refractivity contribution is -0.138. The summed E-state index contributed by atoms with van der Waals surface area (Å²) >= 11 is 0. The molecule has 2 aliphatic rings. The Morgan fingerprint density at radius 1 is 1.12 bits per heavy atom. The van der Waals surface area contributed by atoms with Gasteiger partial charge in [-0.05, 0) is 39.3 Å². The van der Waals surface area contributed by atoms with E-state index in [0.29, 0.717) is 19.6 Å². The number of nitrogens with zero attached hydrogens (tertiary/aromatic N) is 5. The van der Waals surface area contributed by atoms with E-state index in [1.165, 1.54) is 0 Å². The first-order valence-electron chi connectivity index (χ1n) is 9.29. The first-order chi connectivity index (χ1) is 12.4. The maximum Gasteiger partial charge on any atom is 0.231 e. The van der Waals surface area contributed by atoms with Crippen molar-refractivity contribution in [3.8, 4) is 0 Å². The quantitative estimate of drug-likeness (QED) is 0.808. The zero-order valence-corrected chi connectivity index (χ0v) is 15.6. The van der Waals surface area contributed by atoms with Crippen molar-refractivity contribution < 1.29 is 9.59 Å². The van der Waals surface area contributed by atoms with Crippen molar-refractivity contribution in [2.24, 2.45) is 11.7 Å². The Bertz CT molecular complexity index is 651. The predicted molar refractivity (Wildman–Crippen MR) is 98.7 cm³/mol. The monoisotopic (exact) mass is 360 g/mol. The fourth-order valence-electron chi connectivity index (χ4n) is 3.85. The molecule has 2 saturated heterocycles. The van der Waals surface area contributed by atoms with Gasteiger partial charge in [0.25, 0.3) is 0 Å². The Morgan fingerprint density at radius 2 is 1.77 bits per heavy atom. The molecule has 2 N–H and O–H groups in total. The van der Waals surface area contributed by atoms with Gasteiger partial charge in [-0.1, -0.05) is 0 Å². The second kappa shape index (κ2) is 7.99. The van der Waals surface area contributed by atoms with Gasteiger partial charge in [0, 0.05) is 44.1 Å². The van der Waals surface area contributed by atoms with E-state index in [0.717, 1.165) is 49.8 Å². The minimum Gasteiger partial charge on any atom is -0.369 e. The molecule has 3 heterocycles. The number of piperazine rings is 1. The lowest BCUT2D eigenvalue weighted by Crippen LogP contribution is -2.53. The topological polar surface area (TPSA) is 95.7 Å². The summed E-state index contributed by atoms with van der Waals surface area (Å²) in [7, 11) is 0. The maximum absolute atomic E-state index is 12.9. The molecule has 0 radical (unpaired) electrons. The number of anilines is 1. The van der Waals surface area contributed by atoms with Crippen LogP contribution in [0.3, 0.4) is 0 Å². The van der Waals surface area contributed by atoms with Crippen LogP contribution in [0.5, 0.6) is 0 Å². The molecular formula is C18H28N6O2. The summed E-state index contributed by atoms with van der Waals surface area (Å²) in [6, 6.07) is 1.96. The molecule has 0 saturated carbocycles. The molecule has 0 spiro atoms. The number of carbonyl (C=O) groups is 2. The second-order valence-electron chi connectivity index (χ2n) is 7.30. The number of carbonyl (C=O) groups excluding carboxylic acids is 2. The second-order valence-corrected chi connectivity index (χ2v) is 7.30. The van der Waals surface area contributed by atoms with Gasteiger partial charge in [0.2, 0.25) is 17.8 Å². The molecule has 2 fully saturated rings. The largest absolute Gasteiger partial charge is 0.369 e. The van der Waals surface area contributed by atoms with Crippen LogP contribution in [0.4, 0.5) is 5.95 Å². The Labute approximate surface area is 154 Å². The highest BCUT2D eigenvalue weighted by atomic mass is 16.2. The lowest BCUT2D eigenvalue weighted by Gasteiger charge is -2.38. The minimum atomic E-state index is -0.333. The van der Waals surface area contributed by atoms with Crippen LogP contribution in [0.25, 0.3) is 0 Å². The maximum atomic E-state index is 12.9. The van der Waals surface area contributed by atoms with Gasteiger partial charge in [0.1, 0.15) is 0 Å². The highest BCUT2D eigenvalue weighted by molar-refractivity contribution is 5.80. The Morgan fingerprint density at radius 3 is 2.38 bits per heavy atom. The lowest BCUT2D eigenvalue weighted by atomic mass is 9.96. The number of amides is 2. The number of primary amides is 1. The molecule has 8 heteroatoms. The summed E-state index contributed by atoms with van der Waals surface area (Å²) in [4.78, 5) is 39.1. The van der Waals surface area contributed by atoms with Gasteiger partial charge in [-0.15, -0.1) is 0 Å². The average molecular weight is 360 g/mol. The van der Waals surface area contributed by atoms with Gasteiger partial charge in [0.15, 0.2) is 0 Å². The summed E-state index contributed by atoms with van der Waals surface area (Å²) in [6.07, 6.45) is 1.81. The van der Waals surface area contributed by atoms with E-state index in [9.17, 15) is 9.59 Å². The van der Waals surface area contributed by atoms with E-state index in [-0.39, 0.29) is 24.3 Å². The number of hydrogen-bond acceptors (Lipinski definition) is 6. The number of likely N-dealkylation sites (tertiary alicyclic amines) is 1. The molecule has 2 aliphatic heterocycles. The van der Waals surface area contributed by atoms with Crippen LogP contribution in [0.15, 0.2) is 6.07 Å². The summed E-state index contributed by atoms with van der Waals surface area (Å²) in [6.45, 7) is 8.49. The minimum absolute atomic E-state index is 0.0351. The number of rotatable bonds is 4. The summed E-state index contributed by atoms with van der Waals surface area (Å²) < 4.78 is 0. The molecule has 0 aromatic carbocycles. The van der Waals surface area contributed by atoms with Gasteiger partial charge in [0.05, 0.1) is 12.5 Å². The van der Waals surface area contributed by atoms with Crippen molar-refractivity contribution >= 4 is 17.8 Å². The van der Waals surface area contributed by atoms with Gasteiger partial charge < -0.3 is 15.5 Å². The normalized spacial score (nSPS) is 21.7. The van der Waals surface area contributed by atoms with Crippen LogP contribution >= 0.6 is 0 Å². The van der Waals surface area contributed by atoms with Crippen molar-refractivity contribution in [3.05, 3.63) is 17.5 Å². The van der Waals surface area contributed by atoms with Gasteiger partial charge in [-0.2, -0.15) is 0 Å². The molecule has 0 bridgehead atoms. The van der Waals surface area contributed by atoms with Crippen LogP contribution in [0.2, 0.25) is 0 Å². The smallest absolute Gasteiger partial charge is 0.231 e. The van der Waals surface area contributed by atoms with Crippen LogP contribution in [-0.2, 0) is 9.59 Å². The van der Waals surface area contributed by atoms with E-state index < -0.39 is 0 Å². The first-order valence-corrected chi connectivity index (χ1v) is 9.29. The fraction of sp³-hybridized carbons (Fsp3) is 0.667. The van der Waals surface area contributed by atoms with Crippen molar-refractivity contribution in [3.63, 3.8) is 0 Å². The summed E-state index contributed by atoms with van der Waals surface area (Å²) in [5, 5.41) is 0. The van der Waals surface area contributed by atoms with E-state index in [1.807, 2.05) is 29.7 Å². The number of piperidine rings is 1. The summed E-state index contributed by atoms with van der Waals surface area (Å²) in [5.74, 6) is 0.576. The first kappa shape index (κ1) is 18.6. The van der Waals surface area contributed by atoms with E-state index >= 15 is 0 Å². The molecule has 1 aromatic rings. The Balaban J connectivity index is 1.55. The van der Waals surface area contributed by atoms with Gasteiger partial charge in [-0.25, -0.2) is 9.97 Å². The third-order valence-corrected chi connectivity index (χ3v) is 5.08. The van der Waals surface area contributed by atoms with E-state index in [2.05, 4.69) is 14.9 Å².